The summed E-state index contributed by atoms with van der Waals surface area (Å²) in [6.07, 6.45) is 4.78. The molecule has 0 spiro atoms. The van der Waals surface area contributed by atoms with Gasteiger partial charge in [0.15, 0.2) is 9.84 Å². The van der Waals surface area contributed by atoms with E-state index >= 15 is 0 Å². The van der Waals surface area contributed by atoms with Crippen LogP contribution in [0.4, 0.5) is 0 Å². The molecular weight excluding hydrogens is 318 g/mol. The first-order valence-electron chi connectivity index (χ1n) is 6.60. The van der Waals surface area contributed by atoms with Crippen LogP contribution in [-0.2, 0) is 14.6 Å². The molecule has 4 nitrogen and oxygen atoms in total. The topological polar surface area (TPSA) is 54.5 Å². The van der Waals surface area contributed by atoms with Crippen molar-refractivity contribution in [1.82, 2.24) is 4.90 Å². The van der Waals surface area contributed by atoms with Crippen molar-refractivity contribution in [3.63, 3.8) is 0 Å². The number of hydrogen-bond donors (Lipinski definition) is 0. The van der Waals surface area contributed by atoms with Crippen LogP contribution in [0.15, 0.2) is 0 Å². The van der Waals surface area contributed by atoms with Gasteiger partial charge in [0, 0.05) is 17.9 Å². The number of amides is 1. The lowest BCUT2D eigenvalue weighted by atomic mass is 9.90. The van der Waals surface area contributed by atoms with E-state index in [1.807, 2.05) is 4.90 Å². The van der Waals surface area contributed by atoms with Crippen LogP contribution < -0.4 is 0 Å². The number of nitrogens with zero attached hydrogens (tertiary/aromatic N) is 1. The molecule has 1 heterocycles. The predicted octanol–water partition coefficient (Wildman–Crippen LogP) is 1.59. The molecule has 1 aliphatic carbocycles. The summed E-state index contributed by atoms with van der Waals surface area (Å²) < 4.78 is 22.9. The van der Waals surface area contributed by atoms with Crippen molar-refractivity contribution >= 4 is 31.7 Å². The van der Waals surface area contributed by atoms with Crippen molar-refractivity contribution in [3.8, 4) is 0 Å². The van der Waals surface area contributed by atoms with Crippen LogP contribution in [0.1, 0.15) is 32.1 Å². The molecule has 1 amide bonds. The minimum Gasteiger partial charge on any atom is -0.339 e. The zero-order valence-corrected chi connectivity index (χ0v) is 12.9. The number of sulfone groups is 1. The Balaban J connectivity index is 1.98. The fourth-order valence-electron chi connectivity index (χ4n) is 2.63. The molecular formula is C12H20BrNO3S. The summed E-state index contributed by atoms with van der Waals surface area (Å²) in [6, 6.07) is 0.361. The van der Waals surface area contributed by atoms with Crippen LogP contribution in [0.25, 0.3) is 0 Å². The van der Waals surface area contributed by atoms with Crippen LogP contribution in [0.2, 0.25) is 0 Å². The van der Waals surface area contributed by atoms with Crippen molar-refractivity contribution in [1.29, 1.82) is 0 Å². The Kier molecular flexibility index (Phi) is 4.69. The molecule has 0 radical (unpaired) electrons. The molecule has 18 heavy (non-hydrogen) atoms. The molecule has 2 fully saturated rings. The molecule has 0 aromatic rings. The normalized spacial score (nSPS) is 26.8. The van der Waals surface area contributed by atoms with Crippen molar-refractivity contribution in [2.24, 2.45) is 5.92 Å². The maximum Gasteiger partial charge on any atom is 0.226 e. The van der Waals surface area contributed by atoms with E-state index in [1.165, 1.54) is 6.42 Å². The summed E-state index contributed by atoms with van der Waals surface area (Å²) in [6.45, 7) is 0.755. The number of rotatable bonds is 5. The Morgan fingerprint density at radius 1 is 1.28 bits per heavy atom. The molecule has 1 aliphatic heterocycles. The van der Waals surface area contributed by atoms with Crippen molar-refractivity contribution in [3.05, 3.63) is 0 Å². The molecule has 1 atom stereocenters. The largest absolute Gasteiger partial charge is 0.339 e. The maximum atomic E-state index is 12.4. The van der Waals surface area contributed by atoms with Gasteiger partial charge in [-0.2, -0.15) is 0 Å². The van der Waals surface area contributed by atoms with Crippen molar-refractivity contribution < 1.29 is 13.2 Å². The lowest BCUT2D eigenvalue weighted by molar-refractivity contribution is -0.138. The van der Waals surface area contributed by atoms with E-state index < -0.39 is 9.84 Å². The van der Waals surface area contributed by atoms with E-state index in [2.05, 4.69) is 15.9 Å². The third-order valence-corrected chi connectivity index (χ3v) is 6.24. The lowest BCUT2D eigenvalue weighted by Gasteiger charge is -2.38. The fourth-order valence-corrected chi connectivity index (χ4v) is 4.61. The third-order valence-electron chi connectivity index (χ3n) is 3.91. The standard InChI is InChI=1S/C12H20BrNO3S/c13-6-2-7-14(11-3-1-4-11)12(15)10-5-8-18(16,17)9-10/h10-11H,1-9H2. The van der Waals surface area contributed by atoms with Gasteiger partial charge in [-0.15, -0.1) is 0 Å². The lowest BCUT2D eigenvalue weighted by Crippen LogP contribution is -2.47. The van der Waals surface area contributed by atoms with Gasteiger partial charge in [0.25, 0.3) is 0 Å². The molecule has 0 N–H and O–H groups in total. The van der Waals surface area contributed by atoms with Crippen molar-refractivity contribution in [2.75, 3.05) is 23.4 Å². The molecule has 0 bridgehead atoms. The summed E-state index contributed by atoms with van der Waals surface area (Å²) in [5.74, 6) is 0.0247. The van der Waals surface area contributed by atoms with Crippen LogP contribution in [0.3, 0.4) is 0 Å². The molecule has 1 saturated carbocycles. The summed E-state index contributed by atoms with van der Waals surface area (Å²) in [7, 11) is -2.97. The van der Waals surface area contributed by atoms with Gasteiger partial charge in [0.1, 0.15) is 0 Å². The summed E-state index contributed by atoms with van der Waals surface area (Å²) in [4.78, 5) is 14.4. The van der Waals surface area contributed by atoms with E-state index in [9.17, 15) is 13.2 Å². The number of alkyl halides is 1. The summed E-state index contributed by atoms with van der Waals surface area (Å²) in [5.41, 5.74) is 0. The predicted molar refractivity (Wildman–Crippen MR) is 74.5 cm³/mol. The summed E-state index contributed by atoms with van der Waals surface area (Å²) >= 11 is 3.38. The molecule has 2 rings (SSSR count). The van der Waals surface area contributed by atoms with E-state index in [-0.39, 0.29) is 23.3 Å². The van der Waals surface area contributed by atoms with Gasteiger partial charge in [-0.25, -0.2) is 8.42 Å². The highest BCUT2D eigenvalue weighted by atomic mass is 79.9. The zero-order chi connectivity index (χ0) is 13.2. The van der Waals surface area contributed by atoms with Gasteiger partial charge in [-0.3, -0.25) is 4.79 Å². The van der Waals surface area contributed by atoms with Gasteiger partial charge < -0.3 is 4.90 Å². The Hall–Kier alpha value is -0.100. The molecule has 1 unspecified atom stereocenters. The molecule has 0 aromatic heterocycles. The number of halogens is 1. The molecule has 0 aromatic carbocycles. The van der Waals surface area contributed by atoms with Crippen molar-refractivity contribution in [2.45, 2.75) is 38.1 Å². The monoisotopic (exact) mass is 337 g/mol. The molecule has 1 saturated heterocycles. The Morgan fingerprint density at radius 3 is 2.44 bits per heavy atom. The Bertz CT molecular complexity index is 406. The summed E-state index contributed by atoms with van der Waals surface area (Å²) in [5, 5.41) is 0.881. The Labute approximate surface area is 117 Å². The number of carbonyl (C=O) groups is 1. The Morgan fingerprint density at radius 2 is 2.00 bits per heavy atom. The zero-order valence-electron chi connectivity index (χ0n) is 10.5. The van der Waals surface area contributed by atoms with Gasteiger partial charge in [-0.1, -0.05) is 15.9 Å². The van der Waals surface area contributed by atoms with E-state index in [1.54, 1.807) is 0 Å². The maximum absolute atomic E-state index is 12.4. The smallest absolute Gasteiger partial charge is 0.226 e. The van der Waals surface area contributed by atoms with Gasteiger partial charge in [0.2, 0.25) is 5.91 Å². The first kappa shape index (κ1) is 14.3. The minimum absolute atomic E-state index is 0.0589. The SMILES string of the molecule is O=C(C1CCS(=O)(=O)C1)N(CCCBr)C1CCC1. The molecule has 104 valence electrons. The van der Waals surface area contributed by atoms with Gasteiger partial charge >= 0.3 is 0 Å². The van der Waals surface area contributed by atoms with E-state index in [4.69, 9.17) is 0 Å². The second-order valence-electron chi connectivity index (χ2n) is 5.26. The highest BCUT2D eigenvalue weighted by Gasteiger charge is 2.38. The first-order valence-corrected chi connectivity index (χ1v) is 9.54. The van der Waals surface area contributed by atoms with Gasteiger partial charge in [-0.05, 0) is 32.1 Å². The highest BCUT2D eigenvalue weighted by Crippen LogP contribution is 2.29. The third kappa shape index (κ3) is 3.26. The second kappa shape index (κ2) is 5.90. The first-order chi connectivity index (χ1) is 8.53. The van der Waals surface area contributed by atoms with Gasteiger partial charge in [0.05, 0.1) is 17.4 Å². The van der Waals surface area contributed by atoms with Crippen LogP contribution in [-0.4, -0.2) is 48.6 Å². The second-order valence-corrected chi connectivity index (χ2v) is 8.28. The average Bonchev–Trinajstić information content (AvgIpc) is 2.61. The van der Waals surface area contributed by atoms with E-state index in [0.29, 0.717) is 12.5 Å². The number of hydrogen-bond acceptors (Lipinski definition) is 3. The highest BCUT2D eigenvalue weighted by molar-refractivity contribution is 9.09. The van der Waals surface area contributed by atoms with Crippen LogP contribution in [0, 0.1) is 5.92 Å². The minimum atomic E-state index is -2.97. The fraction of sp³-hybridized carbons (Fsp3) is 0.917. The van der Waals surface area contributed by atoms with E-state index in [0.717, 1.165) is 31.1 Å². The van der Waals surface area contributed by atoms with Crippen LogP contribution >= 0.6 is 15.9 Å². The number of carbonyl (C=O) groups excluding carboxylic acids is 1. The van der Waals surface area contributed by atoms with Crippen LogP contribution in [0.5, 0.6) is 0 Å². The molecule has 2 aliphatic rings. The quantitative estimate of drug-likeness (QED) is 0.716. The molecule has 6 heteroatoms. The average molecular weight is 338 g/mol.